The van der Waals surface area contributed by atoms with Crippen LogP contribution >= 0.6 is 12.2 Å². The van der Waals surface area contributed by atoms with Crippen molar-refractivity contribution < 1.29 is 4.74 Å². The first-order valence-electron chi connectivity index (χ1n) is 6.07. The molecule has 0 radical (unpaired) electrons. The van der Waals surface area contributed by atoms with E-state index >= 15 is 0 Å². The highest BCUT2D eigenvalue weighted by Gasteiger charge is 2.19. The molecule has 18 heavy (non-hydrogen) atoms. The lowest BCUT2D eigenvalue weighted by atomic mass is 10.1. The molecule has 1 aromatic rings. The highest BCUT2D eigenvalue weighted by Crippen LogP contribution is 2.20. The molecule has 98 valence electrons. The predicted molar refractivity (Wildman–Crippen MR) is 74.9 cm³/mol. The van der Waals surface area contributed by atoms with E-state index in [1.807, 2.05) is 13.8 Å². The number of hydrogen-bond acceptors (Lipinski definition) is 5. The number of anilines is 1. The third-order valence-corrected chi connectivity index (χ3v) is 3.41. The van der Waals surface area contributed by atoms with Crippen LogP contribution in [0.25, 0.3) is 0 Å². The van der Waals surface area contributed by atoms with Crippen LogP contribution in [-0.2, 0) is 4.74 Å². The first kappa shape index (κ1) is 13.2. The summed E-state index contributed by atoms with van der Waals surface area (Å²) in [5, 5.41) is 11.6. The summed E-state index contributed by atoms with van der Waals surface area (Å²) in [5.74, 6) is 0.668. The molecular formula is C12H18N4OS. The van der Waals surface area contributed by atoms with Gasteiger partial charge in [0.1, 0.15) is 4.99 Å². The fourth-order valence-electron chi connectivity index (χ4n) is 2.06. The van der Waals surface area contributed by atoms with Gasteiger partial charge in [-0.25, -0.2) is 0 Å². The van der Waals surface area contributed by atoms with Gasteiger partial charge in [-0.2, -0.15) is 5.10 Å². The van der Waals surface area contributed by atoms with Crippen LogP contribution in [0.1, 0.15) is 29.7 Å². The molecule has 0 bridgehead atoms. The summed E-state index contributed by atoms with van der Waals surface area (Å²) in [6.07, 6.45) is 2.11. The molecule has 0 saturated carbocycles. The molecule has 1 aliphatic heterocycles. The van der Waals surface area contributed by atoms with Crippen molar-refractivity contribution in [3.8, 4) is 0 Å². The van der Waals surface area contributed by atoms with Crippen LogP contribution in [-0.4, -0.2) is 34.4 Å². The van der Waals surface area contributed by atoms with Crippen LogP contribution in [0.5, 0.6) is 0 Å². The number of hydrogen-bond donors (Lipinski definition) is 2. The summed E-state index contributed by atoms with van der Waals surface area (Å²) in [4.78, 5) is 0.352. The van der Waals surface area contributed by atoms with Gasteiger partial charge in [-0.05, 0) is 32.3 Å². The Morgan fingerprint density at radius 1 is 1.44 bits per heavy atom. The number of ether oxygens (including phenoxy) is 1. The first-order chi connectivity index (χ1) is 8.59. The lowest BCUT2D eigenvalue weighted by molar-refractivity contribution is 0.0875. The summed E-state index contributed by atoms with van der Waals surface area (Å²) in [7, 11) is 0. The number of rotatable bonds is 3. The van der Waals surface area contributed by atoms with E-state index in [-0.39, 0.29) is 6.04 Å². The normalized spacial score (nSPS) is 19.6. The van der Waals surface area contributed by atoms with Crippen LogP contribution in [0.2, 0.25) is 0 Å². The maximum atomic E-state index is 5.78. The zero-order valence-corrected chi connectivity index (χ0v) is 11.5. The molecule has 2 rings (SSSR count). The van der Waals surface area contributed by atoms with Crippen molar-refractivity contribution in [2.75, 3.05) is 18.5 Å². The van der Waals surface area contributed by atoms with Gasteiger partial charge in [0, 0.05) is 6.61 Å². The van der Waals surface area contributed by atoms with Crippen molar-refractivity contribution in [3.63, 3.8) is 0 Å². The summed E-state index contributed by atoms with van der Waals surface area (Å²) >= 11 is 5.10. The highest BCUT2D eigenvalue weighted by atomic mass is 32.1. The zero-order valence-electron chi connectivity index (χ0n) is 10.7. The van der Waals surface area contributed by atoms with E-state index in [0.717, 1.165) is 36.3 Å². The minimum atomic E-state index is 0.253. The summed E-state index contributed by atoms with van der Waals surface area (Å²) < 4.78 is 5.43. The van der Waals surface area contributed by atoms with Gasteiger partial charge >= 0.3 is 0 Å². The Hall–Kier alpha value is -1.27. The number of nitrogens with zero attached hydrogens (tertiary/aromatic N) is 2. The van der Waals surface area contributed by atoms with E-state index in [1.165, 1.54) is 0 Å². The van der Waals surface area contributed by atoms with Crippen molar-refractivity contribution in [3.05, 3.63) is 16.8 Å². The summed E-state index contributed by atoms with van der Waals surface area (Å²) in [6, 6.07) is 0.253. The van der Waals surface area contributed by atoms with Crippen molar-refractivity contribution in [2.45, 2.75) is 32.7 Å². The molecule has 1 atom stereocenters. The maximum Gasteiger partial charge on any atom is 0.159 e. The van der Waals surface area contributed by atoms with E-state index in [4.69, 9.17) is 22.7 Å². The molecule has 0 spiro atoms. The van der Waals surface area contributed by atoms with Crippen molar-refractivity contribution >= 4 is 23.0 Å². The van der Waals surface area contributed by atoms with E-state index in [0.29, 0.717) is 17.4 Å². The second-order valence-corrected chi connectivity index (χ2v) is 5.00. The van der Waals surface area contributed by atoms with Crippen LogP contribution in [0, 0.1) is 13.8 Å². The van der Waals surface area contributed by atoms with E-state index in [9.17, 15) is 0 Å². The minimum absolute atomic E-state index is 0.253. The molecule has 1 unspecified atom stereocenters. The van der Waals surface area contributed by atoms with Gasteiger partial charge in [-0.3, -0.25) is 0 Å². The smallest absolute Gasteiger partial charge is 0.159 e. The Kier molecular flexibility index (Phi) is 4.08. The molecule has 0 aromatic carbocycles. The second kappa shape index (κ2) is 5.58. The van der Waals surface area contributed by atoms with Crippen LogP contribution in [0.4, 0.5) is 5.82 Å². The lowest BCUT2D eigenvalue weighted by Crippen LogP contribution is -2.32. The molecular weight excluding hydrogens is 248 g/mol. The molecule has 1 saturated heterocycles. The predicted octanol–water partition coefficient (Wildman–Crippen LogP) is 1.32. The molecule has 1 fully saturated rings. The van der Waals surface area contributed by atoms with Gasteiger partial charge in [0.05, 0.1) is 23.9 Å². The maximum absolute atomic E-state index is 5.78. The number of nitrogens with two attached hydrogens (primary N) is 1. The van der Waals surface area contributed by atoms with E-state index < -0.39 is 0 Å². The largest absolute Gasteiger partial charge is 0.389 e. The Labute approximate surface area is 112 Å². The number of nitrogens with one attached hydrogen (secondary N) is 1. The highest BCUT2D eigenvalue weighted by molar-refractivity contribution is 7.80. The van der Waals surface area contributed by atoms with Crippen molar-refractivity contribution in [2.24, 2.45) is 5.73 Å². The Morgan fingerprint density at radius 3 is 2.83 bits per heavy atom. The molecule has 0 amide bonds. The van der Waals surface area contributed by atoms with Crippen molar-refractivity contribution in [1.82, 2.24) is 10.2 Å². The quantitative estimate of drug-likeness (QED) is 0.804. The molecule has 0 aliphatic carbocycles. The van der Waals surface area contributed by atoms with Gasteiger partial charge in [-0.15, -0.1) is 5.10 Å². The average molecular weight is 266 g/mol. The minimum Gasteiger partial charge on any atom is -0.389 e. The molecule has 2 heterocycles. The van der Waals surface area contributed by atoms with Gasteiger partial charge in [0.25, 0.3) is 0 Å². The summed E-state index contributed by atoms with van der Waals surface area (Å²) in [6.45, 7) is 5.38. The van der Waals surface area contributed by atoms with E-state index in [2.05, 4.69) is 15.5 Å². The Morgan fingerprint density at radius 2 is 2.22 bits per heavy atom. The summed E-state index contributed by atoms with van der Waals surface area (Å²) in [5.41, 5.74) is 8.41. The molecule has 3 N–H and O–H groups in total. The van der Waals surface area contributed by atoms with Crippen LogP contribution in [0.3, 0.4) is 0 Å². The molecule has 5 nitrogen and oxygen atoms in total. The standard InChI is InChI=1S/C12H18N4OS/c1-7-8(2)15-16-12(10(7)11(13)18)14-9-4-3-5-17-6-9/h9H,3-6H2,1-2H3,(H2,13,18)(H,14,16). The van der Waals surface area contributed by atoms with E-state index in [1.54, 1.807) is 0 Å². The fourth-order valence-corrected chi connectivity index (χ4v) is 2.31. The monoisotopic (exact) mass is 266 g/mol. The Balaban J connectivity index is 2.26. The van der Waals surface area contributed by atoms with Gasteiger partial charge in [0.15, 0.2) is 5.82 Å². The van der Waals surface area contributed by atoms with Crippen LogP contribution < -0.4 is 11.1 Å². The SMILES string of the molecule is Cc1nnc(NC2CCCOC2)c(C(N)=S)c1C. The van der Waals surface area contributed by atoms with Gasteiger partial charge in [-0.1, -0.05) is 12.2 Å². The Bertz CT molecular complexity index is 458. The lowest BCUT2D eigenvalue weighted by Gasteiger charge is -2.24. The van der Waals surface area contributed by atoms with Crippen LogP contribution in [0.15, 0.2) is 0 Å². The number of thiocarbonyl (C=S) groups is 1. The third-order valence-electron chi connectivity index (χ3n) is 3.20. The van der Waals surface area contributed by atoms with Gasteiger partial charge in [0.2, 0.25) is 0 Å². The number of aryl methyl sites for hydroxylation is 1. The average Bonchev–Trinajstić information content (AvgIpc) is 2.35. The zero-order chi connectivity index (χ0) is 13.1. The van der Waals surface area contributed by atoms with Gasteiger partial charge < -0.3 is 15.8 Å². The first-order valence-corrected chi connectivity index (χ1v) is 6.48. The third kappa shape index (κ3) is 2.76. The van der Waals surface area contributed by atoms with Crippen molar-refractivity contribution in [1.29, 1.82) is 0 Å². The molecule has 1 aromatic heterocycles. The molecule has 1 aliphatic rings. The second-order valence-electron chi connectivity index (χ2n) is 4.56. The fraction of sp³-hybridized carbons (Fsp3) is 0.583. The topological polar surface area (TPSA) is 73.1 Å². The number of aromatic nitrogens is 2. The molecule has 6 heteroatoms.